The molecule has 0 saturated carbocycles. The summed E-state index contributed by atoms with van der Waals surface area (Å²) in [6.07, 6.45) is 0. The van der Waals surface area contributed by atoms with Gasteiger partial charge in [-0.15, -0.1) is 5.11 Å². The minimum absolute atomic E-state index is 0.238. The van der Waals surface area contributed by atoms with Gasteiger partial charge >= 0.3 is 5.97 Å². The molecule has 0 atom stereocenters. The second kappa shape index (κ2) is 5.46. The molecule has 1 aromatic carbocycles. The Bertz CT molecular complexity index is 450. The van der Waals surface area contributed by atoms with Gasteiger partial charge in [-0.25, -0.2) is 0 Å². The van der Waals surface area contributed by atoms with Gasteiger partial charge in [-0.3, -0.25) is 9.80 Å². The molecule has 0 aromatic heterocycles. The zero-order valence-electron chi connectivity index (χ0n) is 8.66. The molecule has 0 aliphatic rings. The quantitative estimate of drug-likeness (QED) is 0.613. The van der Waals surface area contributed by atoms with Gasteiger partial charge in [0, 0.05) is 7.05 Å². The van der Waals surface area contributed by atoms with Gasteiger partial charge in [0.05, 0.1) is 5.56 Å². The van der Waals surface area contributed by atoms with Gasteiger partial charge in [0.25, 0.3) is 0 Å². The van der Waals surface area contributed by atoms with Crippen LogP contribution in [0.5, 0.6) is 0 Å². The van der Waals surface area contributed by atoms with Crippen LogP contribution >= 0.6 is 0 Å². The van der Waals surface area contributed by atoms with Crippen molar-refractivity contribution in [2.24, 2.45) is 10.3 Å². The van der Waals surface area contributed by atoms with Crippen molar-refractivity contribution in [2.75, 3.05) is 13.6 Å². The third kappa shape index (κ3) is 3.38. The Balaban J connectivity index is 2.76. The van der Waals surface area contributed by atoms with E-state index in [1.807, 2.05) is 6.07 Å². The van der Waals surface area contributed by atoms with Gasteiger partial charge in [0.15, 0.2) is 0 Å². The number of nitrogens with zero attached hydrogens (tertiary/aromatic N) is 4. The van der Waals surface area contributed by atoms with E-state index in [-0.39, 0.29) is 6.54 Å². The van der Waals surface area contributed by atoms with Crippen LogP contribution in [-0.4, -0.2) is 29.7 Å². The molecule has 0 aliphatic heterocycles. The highest BCUT2D eigenvalue weighted by atomic mass is 16.4. The van der Waals surface area contributed by atoms with Crippen molar-refractivity contribution in [2.45, 2.75) is 0 Å². The summed E-state index contributed by atoms with van der Waals surface area (Å²) in [4.78, 5) is 10.3. The summed E-state index contributed by atoms with van der Waals surface area (Å²) in [6, 6.07) is 8.67. The molecule has 0 aliphatic carbocycles. The molecule has 0 amide bonds. The molecule has 6 heteroatoms. The topological polar surface area (TPSA) is 89.1 Å². The monoisotopic (exact) mass is 218 g/mol. The van der Waals surface area contributed by atoms with Gasteiger partial charge in [-0.1, -0.05) is 17.4 Å². The van der Waals surface area contributed by atoms with Gasteiger partial charge in [-0.05, 0) is 12.1 Å². The SMILES string of the molecule is CN(CC(=O)O)/N=N/c1ccccc1C#N. The summed E-state index contributed by atoms with van der Waals surface area (Å²) in [6.45, 7) is -0.238. The van der Waals surface area contributed by atoms with Crippen LogP contribution in [0, 0.1) is 11.3 Å². The van der Waals surface area contributed by atoms with E-state index in [1.165, 1.54) is 12.1 Å². The summed E-state index contributed by atoms with van der Waals surface area (Å²) in [5, 5.41) is 25.9. The maximum absolute atomic E-state index is 10.3. The first-order chi connectivity index (χ1) is 7.63. The van der Waals surface area contributed by atoms with E-state index in [0.717, 1.165) is 0 Å². The zero-order chi connectivity index (χ0) is 12.0. The van der Waals surface area contributed by atoms with Crippen LogP contribution in [0.3, 0.4) is 0 Å². The van der Waals surface area contributed by atoms with Crippen molar-refractivity contribution in [3.05, 3.63) is 29.8 Å². The van der Waals surface area contributed by atoms with Crippen LogP contribution < -0.4 is 0 Å². The summed E-state index contributed by atoms with van der Waals surface area (Å²) in [5.74, 6) is -0.991. The fourth-order valence-electron chi connectivity index (χ4n) is 1.01. The fraction of sp³-hybridized carbons (Fsp3) is 0.200. The number of hydrogen-bond acceptors (Lipinski definition) is 4. The zero-order valence-corrected chi connectivity index (χ0v) is 8.66. The summed E-state index contributed by atoms with van der Waals surface area (Å²) in [5.41, 5.74) is 0.817. The van der Waals surface area contributed by atoms with E-state index in [0.29, 0.717) is 11.3 Å². The standard InChI is InChI=1S/C10H10N4O2/c1-14(7-10(15)16)13-12-9-5-3-2-4-8(9)6-11/h2-5H,7H2,1H3,(H,15,16)/b13-12+. The maximum atomic E-state index is 10.3. The lowest BCUT2D eigenvalue weighted by atomic mass is 10.2. The largest absolute Gasteiger partial charge is 0.480 e. The minimum Gasteiger partial charge on any atom is -0.480 e. The second-order valence-electron chi connectivity index (χ2n) is 3.03. The van der Waals surface area contributed by atoms with Gasteiger partial charge < -0.3 is 5.11 Å². The van der Waals surface area contributed by atoms with E-state index >= 15 is 0 Å². The number of nitriles is 1. The Morgan fingerprint density at radius 2 is 2.25 bits per heavy atom. The van der Waals surface area contributed by atoms with E-state index in [9.17, 15) is 4.79 Å². The van der Waals surface area contributed by atoms with Crippen LogP contribution in [0.1, 0.15) is 5.56 Å². The highest BCUT2D eigenvalue weighted by Crippen LogP contribution is 2.17. The van der Waals surface area contributed by atoms with Crippen LogP contribution in [0.15, 0.2) is 34.6 Å². The Morgan fingerprint density at radius 3 is 2.88 bits per heavy atom. The van der Waals surface area contributed by atoms with Gasteiger partial charge in [0.2, 0.25) is 0 Å². The van der Waals surface area contributed by atoms with Gasteiger partial charge in [0.1, 0.15) is 18.3 Å². The molecule has 1 N–H and O–H groups in total. The summed E-state index contributed by atoms with van der Waals surface area (Å²) >= 11 is 0. The molecule has 0 spiro atoms. The van der Waals surface area contributed by atoms with Crippen LogP contribution in [0.2, 0.25) is 0 Å². The molecule has 0 unspecified atom stereocenters. The molecule has 1 rings (SSSR count). The average molecular weight is 218 g/mol. The number of carbonyl (C=O) groups is 1. The normalized spacial score (nSPS) is 10.0. The maximum Gasteiger partial charge on any atom is 0.324 e. The Kier molecular flexibility index (Phi) is 3.98. The molecule has 0 radical (unpaired) electrons. The number of aliphatic carboxylic acids is 1. The average Bonchev–Trinajstić information content (AvgIpc) is 2.26. The number of carboxylic acids is 1. The lowest BCUT2D eigenvalue weighted by Crippen LogP contribution is -2.19. The third-order valence-electron chi connectivity index (χ3n) is 1.69. The molecule has 0 bridgehead atoms. The lowest BCUT2D eigenvalue weighted by molar-refractivity contribution is -0.138. The van der Waals surface area contributed by atoms with Crippen LogP contribution in [0.25, 0.3) is 0 Å². The molecule has 0 saturated heterocycles. The first-order valence-electron chi connectivity index (χ1n) is 4.47. The molecule has 82 valence electrons. The van der Waals surface area contributed by atoms with Crippen molar-refractivity contribution in [3.8, 4) is 6.07 Å². The predicted molar refractivity (Wildman–Crippen MR) is 55.9 cm³/mol. The van der Waals surface area contributed by atoms with Crippen molar-refractivity contribution in [1.29, 1.82) is 5.26 Å². The molecule has 6 nitrogen and oxygen atoms in total. The number of hydrogen-bond donors (Lipinski definition) is 1. The third-order valence-corrected chi connectivity index (χ3v) is 1.69. The molecule has 0 fully saturated rings. The van der Waals surface area contributed by atoms with Crippen molar-refractivity contribution in [3.63, 3.8) is 0 Å². The first kappa shape index (κ1) is 11.7. The second-order valence-corrected chi connectivity index (χ2v) is 3.03. The van der Waals surface area contributed by atoms with E-state index in [4.69, 9.17) is 10.4 Å². The Morgan fingerprint density at radius 1 is 1.56 bits per heavy atom. The Hall–Kier alpha value is -2.42. The molecular weight excluding hydrogens is 208 g/mol. The van der Waals surface area contributed by atoms with Crippen molar-refractivity contribution in [1.82, 2.24) is 5.01 Å². The smallest absolute Gasteiger partial charge is 0.324 e. The Labute approximate surface area is 92.4 Å². The molecule has 0 heterocycles. The van der Waals surface area contributed by atoms with Gasteiger partial charge in [-0.2, -0.15) is 5.26 Å². The lowest BCUT2D eigenvalue weighted by Gasteiger charge is -2.06. The van der Waals surface area contributed by atoms with Crippen molar-refractivity contribution < 1.29 is 9.90 Å². The molecular formula is C10H10N4O2. The highest BCUT2D eigenvalue weighted by molar-refractivity contribution is 5.68. The fourth-order valence-corrected chi connectivity index (χ4v) is 1.01. The summed E-state index contributed by atoms with van der Waals surface area (Å²) in [7, 11) is 1.49. The minimum atomic E-state index is -0.991. The van der Waals surface area contributed by atoms with Crippen molar-refractivity contribution >= 4 is 11.7 Å². The first-order valence-corrected chi connectivity index (χ1v) is 4.47. The highest BCUT2D eigenvalue weighted by Gasteiger charge is 2.02. The number of benzene rings is 1. The molecule has 16 heavy (non-hydrogen) atoms. The predicted octanol–water partition coefficient (Wildman–Crippen LogP) is 1.57. The van der Waals surface area contributed by atoms with Crippen LogP contribution in [-0.2, 0) is 4.79 Å². The van der Waals surface area contributed by atoms with E-state index in [2.05, 4.69) is 10.3 Å². The van der Waals surface area contributed by atoms with Crippen LogP contribution in [0.4, 0.5) is 5.69 Å². The van der Waals surface area contributed by atoms with E-state index in [1.54, 1.807) is 24.3 Å². The van der Waals surface area contributed by atoms with E-state index < -0.39 is 5.97 Å². The number of carboxylic acid groups (broad SMARTS) is 1. The molecule has 1 aromatic rings. The number of rotatable bonds is 4. The summed E-state index contributed by atoms with van der Waals surface area (Å²) < 4.78 is 0. The number of likely N-dealkylation sites (N-methyl/N-ethyl adjacent to an activating group) is 1.